The molecule has 0 atom stereocenters. The lowest BCUT2D eigenvalue weighted by molar-refractivity contribution is 0.934. The molecule has 0 spiro atoms. The summed E-state index contributed by atoms with van der Waals surface area (Å²) in [6.07, 6.45) is 1.86. The van der Waals surface area contributed by atoms with Crippen LogP contribution >= 0.6 is 11.6 Å². The van der Waals surface area contributed by atoms with Crippen LogP contribution in [-0.4, -0.2) is 4.57 Å². The van der Waals surface area contributed by atoms with Crippen molar-refractivity contribution in [3.05, 3.63) is 62.6 Å². The molecular formula is C16H18ClNO. The number of pyridine rings is 1. The van der Waals surface area contributed by atoms with Gasteiger partial charge in [-0.1, -0.05) is 17.7 Å². The van der Waals surface area contributed by atoms with E-state index in [-0.39, 0.29) is 11.3 Å². The van der Waals surface area contributed by atoms with Crippen LogP contribution in [0.25, 0.3) is 5.69 Å². The number of benzene rings is 1. The first kappa shape index (κ1) is 13.9. The molecule has 2 nitrogen and oxygen atoms in total. The summed E-state index contributed by atoms with van der Waals surface area (Å²) < 4.78 is 2.06. The minimum absolute atomic E-state index is 0.00571. The number of hydrogen-bond donors (Lipinski definition) is 0. The van der Waals surface area contributed by atoms with Gasteiger partial charge in [0.15, 0.2) is 5.43 Å². The van der Waals surface area contributed by atoms with E-state index in [0.29, 0.717) is 5.56 Å². The average molecular weight is 276 g/mol. The highest BCUT2D eigenvalue weighted by Gasteiger charge is 2.10. The molecule has 1 aromatic heterocycles. The summed E-state index contributed by atoms with van der Waals surface area (Å²) in [6.45, 7) is 8.21. The smallest absolute Gasteiger partial charge is 0.186 e. The van der Waals surface area contributed by atoms with Crippen LogP contribution in [0, 0.1) is 27.7 Å². The fourth-order valence-electron chi connectivity index (χ4n) is 2.57. The van der Waals surface area contributed by atoms with E-state index in [1.807, 2.05) is 13.1 Å². The lowest BCUT2D eigenvalue weighted by Crippen LogP contribution is -2.14. The van der Waals surface area contributed by atoms with Crippen molar-refractivity contribution in [3.63, 3.8) is 0 Å². The molecule has 0 saturated heterocycles. The molecule has 0 aliphatic heterocycles. The van der Waals surface area contributed by atoms with E-state index in [0.717, 1.165) is 11.4 Å². The Morgan fingerprint density at radius 1 is 1.05 bits per heavy atom. The zero-order chi connectivity index (χ0) is 14.2. The summed E-state index contributed by atoms with van der Waals surface area (Å²) in [5.41, 5.74) is 6.34. The molecule has 0 saturated carbocycles. The minimum atomic E-state index is 0.00571. The van der Waals surface area contributed by atoms with Crippen molar-refractivity contribution >= 4 is 11.6 Å². The van der Waals surface area contributed by atoms with Gasteiger partial charge in [0.1, 0.15) is 0 Å². The number of aromatic nitrogens is 1. The molecule has 0 unspecified atom stereocenters. The second-order valence-electron chi connectivity index (χ2n) is 5.06. The van der Waals surface area contributed by atoms with Gasteiger partial charge >= 0.3 is 0 Å². The number of rotatable bonds is 2. The number of halogens is 1. The van der Waals surface area contributed by atoms with Gasteiger partial charge in [0.2, 0.25) is 0 Å². The number of nitrogens with zero attached hydrogens (tertiary/aromatic N) is 1. The molecular weight excluding hydrogens is 258 g/mol. The quantitative estimate of drug-likeness (QED) is 0.764. The Balaban J connectivity index is 2.76. The van der Waals surface area contributed by atoms with Crippen molar-refractivity contribution in [1.29, 1.82) is 0 Å². The van der Waals surface area contributed by atoms with Crippen LogP contribution in [-0.2, 0) is 5.88 Å². The highest BCUT2D eigenvalue weighted by molar-refractivity contribution is 6.17. The predicted molar refractivity (Wildman–Crippen MR) is 80.5 cm³/mol. The van der Waals surface area contributed by atoms with Crippen LogP contribution < -0.4 is 5.43 Å². The van der Waals surface area contributed by atoms with Crippen LogP contribution in [0.3, 0.4) is 0 Å². The van der Waals surface area contributed by atoms with E-state index in [2.05, 4.69) is 37.5 Å². The van der Waals surface area contributed by atoms with Crippen LogP contribution in [0.1, 0.15) is 27.9 Å². The fraction of sp³-hybridized carbons (Fsp3) is 0.312. The Bertz CT molecular complexity index is 663. The molecule has 0 radical (unpaired) electrons. The Morgan fingerprint density at radius 3 is 2.16 bits per heavy atom. The lowest BCUT2D eigenvalue weighted by atomic mass is 10.0. The predicted octanol–water partition coefficient (Wildman–Crippen LogP) is 3.81. The van der Waals surface area contributed by atoms with Crippen molar-refractivity contribution < 1.29 is 0 Å². The molecule has 2 aromatic rings. The lowest BCUT2D eigenvalue weighted by Gasteiger charge is -2.18. The summed E-state index contributed by atoms with van der Waals surface area (Å²) in [7, 11) is 0. The molecule has 1 aromatic carbocycles. The highest BCUT2D eigenvalue weighted by atomic mass is 35.5. The summed E-state index contributed by atoms with van der Waals surface area (Å²) in [4.78, 5) is 11.8. The summed E-state index contributed by atoms with van der Waals surface area (Å²) in [6, 6.07) is 5.96. The highest BCUT2D eigenvalue weighted by Crippen LogP contribution is 2.22. The molecule has 0 aliphatic carbocycles. The fourth-order valence-corrected chi connectivity index (χ4v) is 2.77. The standard InChI is InChI=1S/C16H18ClNO/c1-10-5-11(2)16(12(3)6-10)18-9-14(8-17)15(19)7-13(18)4/h5-7,9H,8H2,1-4H3. The van der Waals surface area contributed by atoms with Gasteiger partial charge in [-0.15, -0.1) is 11.6 Å². The molecule has 1 heterocycles. The molecule has 0 fully saturated rings. The Kier molecular flexibility index (Phi) is 3.81. The van der Waals surface area contributed by atoms with Gasteiger partial charge in [-0.3, -0.25) is 4.79 Å². The zero-order valence-electron chi connectivity index (χ0n) is 11.7. The van der Waals surface area contributed by atoms with Crippen molar-refractivity contribution in [2.45, 2.75) is 33.6 Å². The van der Waals surface area contributed by atoms with Gasteiger partial charge in [0.25, 0.3) is 0 Å². The number of hydrogen-bond acceptors (Lipinski definition) is 1. The van der Waals surface area contributed by atoms with Crippen molar-refractivity contribution in [2.75, 3.05) is 0 Å². The van der Waals surface area contributed by atoms with Crippen LogP contribution in [0.15, 0.2) is 29.2 Å². The van der Waals surface area contributed by atoms with Gasteiger partial charge in [0.05, 0.1) is 11.6 Å². The van der Waals surface area contributed by atoms with Crippen LogP contribution in [0.2, 0.25) is 0 Å². The third kappa shape index (κ3) is 2.59. The van der Waals surface area contributed by atoms with Gasteiger partial charge < -0.3 is 4.57 Å². The summed E-state index contributed by atoms with van der Waals surface area (Å²) in [5.74, 6) is 0.239. The third-order valence-corrected chi connectivity index (χ3v) is 3.63. The van der Waals surface area contributed by atoms with Crippen LogP contribution in [0.4, 0.5) is 0 Å². The first-order valence-corrected chi connectivity index (χ1v) is 6.84. The Hall–Kier alpha value is -1.54. The van der Waals surface area contributed by atoms with Gasteiger partial charge in [0, 0.05) is 23.5 Å². The second kappa shape index (κ2) is 5.22. The molecule has 19 heavy (non-hydrogen) atoms. The van der Waals surface area contributed by atoms with E-state index in [9.17, 15) is 4.79 Å². The maximum atomic E-state index is 11.8. The van der Waals surface area contributed by atoms with Crippen molar-refractivity contribution in [2.24, 2.45) is 0 Å². The molecule has 0 N–H and O–H groups in total. The van der Waals surface area contributed by atoms with E-state index >= 15 is 0 Å². The minimum Gasteiger partial charge on any atom is -0.320 e. The van der Waals surface area contributed by atoms with Gasteiger partial charge in [-0.25, -0.2) is 0 Å². The first-order chi connectivity index (χ1) is 8.93. The monoisotopic (exact) mass is 275 g/mol. The Morgan fingerprint density at radius 2 is 1.63 bits per heavy atom. The molecule has 0 amide bonds. The van der Waals surface area contributed by atoms with Gasteiger partial charge in [-0.05, 0) is 38.8 Å². The molecule has 3 heteroatoms. The van der Waals surface area contributed by atoms with Crippen LogP contribution in [0.5, 0.6) is 0 Å². The maximum Gasteiger partial charge on any atom is 0.186 e. The second-order valence-corrected chi connectivity index (χ2v) is 5.32. The van der Waals surface area contributed by atoms with Gasteiger partial charge in [-0.2, -0.15) is 0 Å². The molecule has 100 valence electrons. The van der Waals surface area contributed by atoms with E-state index < -0.39 is 0 Å². The first-order valence-electron chi connectivity index (χ1n) is 6.30. The maximum absolute atomic E-state index is 11.8. The van der Waals surface area contributed by atoms with E-state index in [1.54, 1.807) is 6.07 Å². The topological polar surface area (TPSA) is 22.0 Å². The molecule has 0 aliphatic rings. The average Bonchev–Trinajstić information content (AvgIpc) is 2.30. The summed E-state index contributed by atoms with van der Waals surface area (Å²) >= 11 is 5.84. The third-order valence-electron chi connectivity index (χ3n) is 3.34. The normalized spacial score (nSPS) is 10.8. The largest absolute Gasteiger partial charge is 0.320 e. The summed E-state index contributed by atoms with van der Waals surface area (Å²) in [5, 5.41) is 0. The number of aryl methyl sites for hydroxylation is 4. The Labute approximate surface area is 118 Å². The molecule has 0 bridgehead atoms. The number of alkyl halides is 1. The SMILES string of the molecule is Cc1cc(C)c(-n2cc(CCl)c(=O)cc2C)c(C)c1. The van der Waals surface area contributed by atoms with Crippen molar-refractivity contribution in [1.82, 2.24) is 4.57 Å². The van der Waals surface area contributed by atoms with E-state index in [1.165, 1.54) is 16.7 Å². The molecule has 2 rings (SSSR count). The van der Waals surface area contributed by atoms with Crippen molar-refractivity contribution in [3.8, 4) is 5.69 Å². The van der Waals surface area contributed by atoms with E-state index in [4.69, 9.17) is 11.6 Å². The zero-order valence-corrected chi connectivity index (χ0v) is 12.5.